The van der Waals surface area contributed by atoms with E-state index in [-0.39, 0.29) is 24.2 Å². The van der Waals surface area contributed by atoms with Crippen LogP contribution in [0, 0.1) is 12.8 Å². The summed E-state index contributed by atoms with van der Waals surface area (Å²) in [7, 11) is 3.14. The van der Waals surface area contributed by atoms with E-state index in [2.05, 4.69) is 5.32 Å². The van der Waals surface area contributed by atoms with Crippen LogP contribution in [0.15, 0.2) is 42.5 Å². The number of methoxy groups -OCH3 is 2. The number of amides is 2. The lowest BCUT2D eigenvalue weighted by Gasteiger charge is -2.17. The van der Waals surface area contributed by atoms with E-state index in [1.165, 1.54) is 0 Å². The van der Waals surface area contributed by atoms with Crippen molar-refractivity contribution in [1.29, 1.82) is 0 Å². The second-order valence-corrected chi connectivity index (χ2v) is 7.08. The van der Waals surface area contributed by atoms with Crippen molar-refractivity contribution in [1.82, 2.24) is 5.32 Å². The van der Waals surface area contributed by atoms with Crippen molar-refractivity contribution in [2.75, 3.05) is 32.2 Å². The SMILES string of the molecule is COc1ccc(CC(=O)NCC2CC(=O)N(c3ccc(C)cc3)C2)cc1OC. The van der Waals surface area contributed by atoms with Crippen LogP contribution in [0.4, 0.5) is 5.69 Å². The maximum Gasteiger partial charge on any atom is 0.227 e. The quantitative estimate of drug-likeness (QED) is 0.800. The number of carbonyl (C=O) groups excluding carboxylic acids is 2. The van der Waals surface area contributed by atoms with Crippen LogP contribution in [0.25, 0.3) is 0 Å². The lowest BCUT2D eigenvalue weighted by molar-refractivity contribution is -0.121. The Bertz CT molecular complexity index is 848. The first-order valence-corrected chi connectivity index (χ1v) is 9.34. The molecule has 148 valence electrons. The molecule has 0 saturated carbocycles. The summed E-state index contributed by atoms with van der Waals surface area (Å²) in [6, 6.07) is 13.4. The Kier molecular flexibility index (Phi) is 6.19. The van der Waals surface area contributed by atoms with Crippen molar-refractivity contribution < 1.29 is 19.1 Å². The number of hydrogen-bond acceptors (Lipinski definition) is 4. The fourth-order valence-electron chi connectivity index (χ4n) is 3.39. The highest BCUT2D eigenvalue weighted by molar-refractivity contribution is 5.95. The zero-order chi connectivity index (χ0) is 20.1. The Morgan fingerprint density at radius 1 is 1.11 bits per heavy atom. The zero-order valence-corrected chi connectivity index (χ0v) is 16.5. The molecule has 2 aromatic rings. The van der Waals surface area contributed by atoms with Crippen LogP contribution >= 0.6 is 0 Å². The van der Waals surface area contributed by atoms with E-state index < -0.39 is 0 Å². The van der Waals surface area contributed by atoms with Gasteiger partial charge in [-0.15, -0.1) is 0 Å². The minimum Gasteiger partial charge on any atom is -0.493 e. The molecule has 1 atom stereocenters. The van der Waals surface area contributed by atoms with E-state index >= 15 is 0 Å². The van der Waals surface area contributed by atoms with Crippen LogP contribution in [-0.4, -0.2) is 39.1 Å². The second-order valence-electron chi connectivity index (χ2n) is 7.08. The highest BCUT2D eigenvalue weighted by atomic mass is 16.5. The Morgan fingerprint density at radius 3 is 2.50 bits per heavy atom. The van der Waals surface area contributed by atoms with Crippen LogP contribution in [0.5, 0.6) is 11.5 Å². The molecule has 1 fully saturated rings. The minimum absolute atomic E-state index is 0.0755. The molecule has 0 spiro atoms. The van der Waals surface area contributed by atoms with Crippen LogP contribution < -0.4 is 19.7 Å². The van der Waals surface area contributed by atoms with Crippen molar-refractivity contribution >= 4 is 17.5 Å². The smallest absolute Gasteiger partial charge is 0.227 e. The average Bonchev–Trinajstić information content (AvgIpc) is 3.07. The van der Waals surface area contributed by atoms with Crippen molar-refractivity contribution in [3.63, 3.8) is 0 Å². The summed E-state index contributed by atoms with van der Waals surface area (Å²) in [6.07, 6.45) is 0.702. The summed E-state index contributed by atoms with van der Waals surface area (Å²) in [6.45, 7) is 3.13. The van der Waals surface area contributed by atoms with E-state index in [9.17, 15) is 9.59 Å². The molecule has 1 heterocycles. The third kappa shape index (κ3) is 4.63. The lowest BCUT2D eigenvalue weighted by Crippen LogP contribution is -2.32. The van der Waals surface area contributed by atoms with E-state index in [4.69, 9.17) is 9.47 Å². The molecule has 0 aromatic heterocycles. The Labute approximate surface area is 165 Å². The summed E-state index contributed by atoms with van der Waals surface area (Å²) in [5, 5.41) is 2.95. The molecule has 2 amide bonds. The van der Waals surface area contributed by atoms with Gasteiger partial charge in [-0.05, 0) is 36.8 Å². The zero-order valence-electron chi connectivity index (χ0n) is 16.5. The summed E-state index contributed by atoms with van der Waals surface area (Å²) in [5.74, 6) is 1.37. The number of ether oxygens (including phenoxy) is 2. The van der Waals surface area contributed by atoms with Crippen LogP contribution in [-0.2, 0) is 16.0 Å². The number of nitrogens with zero attached hydrogens (tertiary/aromatic N) is 1. The molecule has 1 aliphatic rings. The van der Waals surface area contributed by atoms with Gasteiger partial charge in [-0.3, -0.25) is 9.59 Å². The Hall–Kier alpha value is -3.02. The van der Waals surface area contributed by atoms with Crippen LogP contribution in [0.3, 0.4) is 0 Å². The summed E-state index contributed by atoms with van der Waals surface area (Å²) in [4.78, 5) is 26.4. The Balaban J connectivity index is 1.52. The van der Waals surface area contributed by atoms with Gasteiger partial charge in [0.2, 0.25) is 11.8 Å². The fraction of sp³-hybridized carbons (Fsp3) is 0.364. The number of carbonyl (C=O) groups is 2. The van der Waals surface area contributed by atoms with E-state index in [1.54, 1.807) is 31.3 Å². The third-order valence-electron chi connectivity index (χ3n) is 4.95. The first kappa shape index (κ1) is 19.7. The maximum absolute atomic E-state index is 12.3. The lowest BCUT2D eigenvalue weighted by atomic mass is 10.1. The van der Waals surface area contributed by atoms with Gasteiger partial charge in [-0.25, -0.2) is 0 Å². The van der Waals surface area contributed by atoms with Gasteiger partial charge in [0.05, 0.1) is 20.6 Å². The second kappa shape index (κ2) is 8.78. The average molecular weight is 382 g/mol. The molecule has 0 bridgehead atoms. The monoisotopic (exact) mass is 382 g/mol. The van der Waals surface area contributed by atoms with Gasteiger partial charge in [0.25, 0.3) is 0 Å². The molecule has 0 radical (unpaired) electrons. The number of aryl methyl sites for hydroxylation is 1. The van der Waals surface area contributed by atoms with Gasteiger partial charge in [0, 0.05) is 31.1 Å². The molecular formula is C22H26N2O4. The standard InChI is InChI=1S/C22H26N2O4/c1-15-4-7-18(8-5-15)24-14-17(12-22(24)26)13-23-21(25)11-16-6-9-19(27-2)20(10-16)28-3/h4-10,17H,11-14H2,1-3H3,(H,23,25). The first-order chi connectivity index (χ1) is 13.5. The highest BCUT2D eigenvalue weighted by Crippen LogP contribution is 2.28. The van der Waals surface area contributed by atoms with E-state index in [0.29, 0.717) is 31.0 Å². The Morgan fingerprint density at radius 2 is 1.82 bits per heavy atom. The van der Waals surface area contributed by atoms with Gasteiger partial charge in [0.15, 0.2) is 11.5 Å². The maximum atomic E-state index is 12.3. The van der Waals surface area contributed by atoms with Crippen LogP contribution in [0.1, 0.15) is 17.5 Å². The third-order valence-corrected chi connectivity index (χ3v) is 4.95. The van der Waals surface area contributed by atoms with E-state index in [1.807, 2.05) is 37.3 Å². The topological polar surface area (TPSA) is 67.9 Å². The molecule has 1 aliphatic heterocycles. The molecule has 0 aliphatic carbocycles. The molecule has 1 saturated heterocycles. The van der Waals surface area contributed by atoms with E-state index in [0.717, 1.165) is 16.8 Å². The van der Waals surface area contributed by atoms with Gasteiger partial charge >= 0.3 is 0 Å². The summed E-state index contributed by atoms with van der Waals surface area (Å²) in [5.41, 5.74) is 2.92. The van der Waals surface area contributed by atoms with Crippen molar-refractivity contribution in [2.24, 2.45) is 5.92 Å². The normalized spacial score (nSPS) is 16.2. The van der Waals surface area contributed by atoms with Crippen molar-refractivity contribution in [3.8, 4) is 11.5 Å². The number of benzene rings is 2. The van der Waals surface area contributed by atoms with Gasteiger partial charge < -0.3 is 19.7 Å². The summed E-state index contributed by atoms with van der Waals surface area (Å²) >= 11 is 0. The number of rotatable bonds is 7. The van der Waals surface area contributed by atoms with Crippen molar-refractivity contribution in [2.45, 2.75) is 19.8 Å². The number of anilines is 1. The van der Waals surface area contributed by atoms with Gasteiger partial charge in [-0.2, -0.15) is 0 Å². The number of nitrogens with one attached hydrogen (secondary N) is 1. The molecule has 2 aromatic carbocycles. The van der Waals surface area contributed by atoms with Crippen molar-refractivity contribution in [3.05, 3.63) is 53.6 Å². The predicted octanol–water partition coefficient (Wildman–Crippen LogP) is 2.72. The highest BCUT2D eigenvalue weighted by Gasteiger charge is 2.30. The molecular weight excluding hydrogens is 356 g/mol. The van der Waals surface area contributed by atoms with Gasteiger partial charge in [-0.1, -0.05) is 23.8 Å². The van der Waals surface area contributed by atoms with Crippen LogP contribution in [0.2, 0.25) is 0 Å². The van der Waals surface area contributed by atoms with Gasteiger partial charge in [0.1, 0.15) is 0 Å². The number of hydrogen-bond donors (Lipinski definition) is 1. The first-order valence-electron chi connectivity index (χ1n) is 9.34. The largest absolute Gasteiger partial charge is 0.493 e. The molecule has 3 rings (SSSR count). The molecule has 6 nitrogen and oxygen atoms in total. The molecule has 1 unspecified atom stereocenters. The minimum atomic E-state index is -0.0755. The predicted molar refractivity (Wildman–Crippen MR) is 108 cm³/mol. The summed E-state index contributed by atoms with van der Waals surface area (Å²) < 4.78 is 10.5. The molecule has 6 heteroatoms. The molecule has 28 heavy (non-hydrogen) atoms. The molecule has 1 N–H and O–H groups in total. The fourth-order valence-corrected chi connectivity index (χ4v) is 3.39.